The van der Waals surface area contributed by atoms with Gasteiger partial charge in [0.1, 0.15) is 18.4 Å². The van der Waals surface area contributed by atoms with Crippen molar-refractivity contribution < 1.29 is 35.6 Å². The maximum absolute atomic E-state index is 15.1. The summed E-state index contributed by atoms with van der Waals surface area (Å²) in [7, 11) is -4.72. The van der Waals surface area contributed by atoms with E-state index in [-0.39, 0.29) is 21.9 Å². The van der Waals surface area contributed by atoms with E-state index < -0.39 is 69.8 Å². The van der Waals surface area contributed by atoms with Crippen molar-refractivity contribution >= 4 is 39.1 Å². The van der Waals surface area contributed by atoms with Crippen LogP contribution in [0.1, 0.15) is 37.5 Å². The molecule has 0 aromatic heterocycles. The van der Waals surface area contributed by atoms with Gasteiger partial charge in [0.2, 0.25) is 11.8 Å². The molecule has 0 spiro atoms. The van der Waals surface area contributed by atoms with Gasteiger partial charge in [0, 0.05) is 24.1 Å². The fourth-order valence-corrected chi connectivity index (χ4v) is 6.65. The molecule has 0 radical (unpaired) electrons. The number of nitrogens with zero attached hydrogens (tertiary/aromatic N) is 2. The van der Waals surface area contributed by atoms with Gasteiger partial charge in [-0.15, -0.1) is 0 Å². The second-order valence-electron chi connectivity index (χ2n) is 12.0. The highest BCUT2D eigenvalue weighted by Gasteiger charge is 2.38. The molecule has 4 aromatic rings. The molecule has 0 saturated heterocycles. The molecule has 0 bridgehead atoms. The average Bonchev–Trinajstić information content (AvgIpc) is 3.02. The van der Waals surface area contributed by atoms with Crippen molar-refractivity contribution in [3.63, 3.8) is 0 Å². The number of sulfonamides is 1. The number of carbonyl (C=O) groups excluding carboxylic acids is 2. The SMILES string of the molecule is CC(C)(C)NC(=O)[C@@H](Cc1ccccc1)N(Cc1ccccc1F)C(=O)CN(c1cc(C(F)(F)F)ccc1Cl)S(=O)(=O)c1ccccc1. The summed E-state index contributed by atoms with van der Waals surface area (Å²) < 4.78 is 85.2. The fourth-order valence-electron chi connectivity index (χ4n) is 4.93. The summed E-state index contributed by atoms with van der Waals surface area (Å²) in [5.74, 6) is -2.28. The summed E-state index contributed by atoms with van der Waals surface area (Å²) in [6.45, 7) is 3.67. The van der Waals surface area contributed by atoms with Gasteiger partial charge in [0.15, 0.2) is 0 Å². The number of hydrogen-bond acceptors (Lipinski definition) is 4. The maximum atomic E-state index is 15.1. The minimum Gasteiger partial charge on any atom is -0.350 e. The number of halogens is 5. The first-order valence-corrected chi connectivity index (χ1v) is 16.6. The number of alkyl halides is 3. The monoisotopic (exact) mass is 703 g/mol. The van der Waals surface area contributed by atoms with Crippen LogP contribution < -0.4 is 9.62 Å². The van der Waals surface area contributed by atoms with Crippen molar-refractivity contribution in [1.82, 2.24) is 10.2 Å². The standard InChI is InChI=1S/C35H34ClF4N3O4S/c1-34(2,3)41-33(45)31(20-24-12-6-4-7-13-24)42(22-25-14-10-11-17-29(25)37)32(44)23-43(48(46,47)27-15-8-5-9-16-27)30-21-26(35(38,39)40)18-19-28(30)36/h4-19,21,31H,20,22-23H2,1-3H3,(H,41,45)/t31-/m1/s1. The zero-order chi connectivity index (χ0) is 35.3. The molecule has 48 heavy (non-hydrogen) atoms. The summed E-state index contributed by atoms with van der Waals surface area (Å²) in [6, 6.07) is 21.9. The van der Waals surface area contributed by atoms with Gasteiger partial charge in [-0.3, -0.25) is 13.9 Å². The van der Waals surface area contributed by atoms with Crippen molar-refractivity contribution in [2.45, 2.75) is 56.4 Å². The Labute approximate surface area is 282 Å². The molecule has 4 rings (SSSR count). The van der Waals surface area contributed by atoms with E-state index in [0.717, 1.165) is 11.0 Å². The average molecular weight is 704 g/mol. The highest BCUT2D eigenvalue weighted by Crippen LogP contribution is 2.37. The van der Waals surface area contributed by atoms with Gasteiger partial charge in [-0.1, -0.05) is 78.3 Å². The summed E-state index contributed by atoms with van der Waals surface area (Å²) in [5.41, 5.74) is -1.88. The Morgan fingerprint density at radius 3 is 2.02 bits per heavy atom. The van der Waals surface area contributed by atoms with Crippen LogP contribution in [0.25, 0.3) is 0 Å². The molecule has 13 heteroatoms. The Hall–Kier alpha value is -4.42. The van der Waals surface area contributed by atoms with Crippen LogP contribution in [0.5, 0.6) is 0 Å². The second-order valence-corrected chi connectivity index (χ2v) is 14.3. The first-order chi connectivity index (χ1) is 22.5. The van der Waals surface area contributed by atoms with Crippen LogP contribution in [-0.4, -0.2) is 43.3 Å². The molecule has 0 heterocycles. The maximum Gasteiger partial charge on any atom is 0.416 e. The third-order valence-electron chi connectivity index (χ3n) is 7.22. The summed E-state index contributed by atoms with van der Waals surface area (Å²) >= 11 is 6.33. The summed E-state index contributed by atoms with van der Waals surface area (Å²) in [5, 5.41) is 2.47. The highest BCUT2D eigenvalue weighted by molar-refractivity contribution is 7.92. The third-order valence-corrected chi connectivity index (χ3v) is 9.31. The Kier molecular flexibility index (Phi) is 11.2. The van der Waals surface area contributed by atoms with Crippen molar-refractivity contribution in [2.24, 2.45) is 0 Å². The number of amides is 2. The fraction of sp³-hybridized carbons (Fsp3) is 0.257. The van der Waals surface area contributed by atoms with Crippen molar-refractivity contribution in [3.8, 4) is 0 Å². The predicted molar refractivity (Wildman–Crippen MR) is 176 cm³/mol. The van der Waals surface area contributed by atoms with Gasteiger partial charge in [-0.25, -0.2) is 12.8 Å². The van der Waals surface area contributed by atoms with Crippen LogP contribution in [0.4, 0.5) is 23.2 Å². The molecule has 1 atom stereocenters. The molecule has 0 unspecified atom stereocenters. The van der Waals surface area contributed by atoms with Crippen LogP contribution in [0.3, 0.4) is 0 Å². The molecule has 254 valence electrons. The summed E-state index contributed by atoms with van der Waals surface area (Å²) in [4.78, 5) is 29.1. The molecule has 0 aliphatic carbocycles. The van der Waals surface area contributed by atoms with Crippen LogP contribution >= 0.6 is 11.6 Å². The number of hydrogen-bond donors (Lipinski definition) is 1. The van der Waals surface area contributed by atoms with E-state index in [1.807, 2.05) is 0 Å². The third kappa shape index (κ3) is 9.13. The van der Waals surface area contributed by atoms with Crippen molar-refractivity contribution in [2.75, 3.05) is 10.8 Å². The van der Waals surface area contributed by atoms with Gasteiger partial charge in [-0.05, 0) is 62.7 Å². The highest BCUT2D eigenvalue weighted by atomic mass is 35.5. The van der Waals surface area contributed by atoms with Gasteiger partial charge in [0.05, 0.1) is 21.2 Å². The molecule has 1 N–H and O–H groups in total. The molecular weight excluding hydrogens is 670 g/mol. The van der Waals surface area contributed by atoms with Gasteiger partial charge < -0.3 is 10.2 Å². The van der Waals surface area contributed by atoms with Crippen molar-refractivity contribution in [1.29, 1.82) is 0 Å². The normalized spacial score (nSPS) is 12.7. The first-order valence-electron chi connectivity index (χ1n) is 14.8. The van der Waals surface area contributed by atoms with Gasteiger partial charge >= 0.3 is 6.18 Å². The molecule has 0 aliphatic heterocycles. The first kappa shape index (κ1) is 36.4. The van der Waals surface area contributed by atoms with Crippen molar-refractivity contribution in [3.05, 3.63) is 131 Å². The van der Waals surface area contributed by atoms with E-state index in [1.165, 1.54) is 48.5 Å². The quantitative estimate of drug-likeness (QED) is 0.167. The molecule has 0 aliphatic rings. The van der Waals surface area contributed by atoms with Crippen LogP contribution in [0.2, 0.25) is 5.02 Å². The molecule has 0 fully saturated rings. The lowest BCUT2D eigenvalue weighted by Gasteiger charge is -2.35. The van der Waals surface area contributed by atoms with E-state index in [4.69, 9.17) is 11.6 Å². The van der Waals surface area contributed by atoms with E-state index >= 15 is 4.39 Å². The lowest BCUT2D eigenvalue weighted by Crippen LogP contribution is -2.56. The molecule has 0 saturated carbocycles. The van der Waals surface area contributed by atoms with E-state index in [2.05, 4.69) is 5.32 Å². The van der Waals surface area contributed by atoms with E-state index in [9.17, 15) is 31.2 Å². The number of nitrogens with one attached hydrogen (secondary N) is 1. The molecule has 7 nitrogen and oxygen atoms in total. The Balaban J connectivity index is 1.89. The Morgan fingerprint density at radius 1 is 0.854 bits per heavy atom. The van der Waals surface area contributed by atoms with Crippen LogP contribution in [-0.2, 0) is 38.8 Å². The lowest BCUT2D eigenvalue weighted by atomic mass is 10.0. The number of carbonyl (C=O) groups is 2. The Bertz CT molecular complexity index is 1850. The number of benzene rings is 4. The minimum absolute atomic E-state index is 0.0297. The molecule has 2 amide bonds. The minimum atomic E-state index is -4.87. The predicted octanol–water partition coefficient (Wildman–Crippen LogP) is 7.25. The van der Waals surface area contributed by atoms with Gasteiger partial charge in [-0.2, -0.15) is 13.2 Å². The summed E-state index contributed by atoms with van der Waals surface area (Å²) in [6.07, 6.45) is -4.91. The van der Waals surface area contributed by atoms with Crippen LogP contribution in [0, 0.1) is 5.82 Å². The number of rotatable bonds is 11. The molecule has 4 aromatic carbocycles. The Morgan fingerprint density at radius 2 is 1.44 bits per heavy atom. The number of anilines is 1. The zero-order valence-electron chi connectivity index (χ0n) is 26.3. The largest absolute Gasteiger partial charge is 0.416 e. The van der Waals surface area contributed by atoms with E-state index in [1.54, 1.807) is 57.2 Å². The zero-order valence-corrected chi connectivity index (χ0v) is 27.9. The van der Waals surface area contributed by atoms with E-state index in [0.29, 0.717) is 22.0 Å². The van der Waals surface area contributed by atoms with Gasteiger partial charge in [0.25, 0.3) is 10.0 Å². The lowest BCUT2D eigenvalue weighted by molar-refractivity contribution is -0.140. The topological polar surface area (TPSA) is 86.8 Å². The smallest absolute Gasteiger partial charge is 0.350 e. The van der Waals surface area contributed by atoms with Crippen LogP contribution in [0.15, 0.2) is 108 Å². The second kappa shape index (κ2) is 14.8. The molecular formula is C35H34ClF4N3O4S.